The second-order valence-corrected chi connectivity index (χ2v) is 7.00. The van der Waals surface area contributed by atoms with Gasteiger partial charge in [-0.3, -0.25) is 9.78 Å². The largest absolute Gasteiger partial charge is 0.494 e. The Morgan fingerprint density at radius 2 is 1.94 bits per heavy atom. The van der Waals surface area contributed by atoms with Gasteiger partial charge in [-0.2, -0.15) is 0 Å². The molecule has 2 heterocycles. The molecule has 0 aliphatic heterocycles. The summed E-state index contributed by atoms with van der Waals surface area (Å²) < 4.78 is 15.5. The molecule has 7 nitrogen and oxygen atoms in total. The molecular formula is C25H26N2O5. The number of hydrogen-bond donors (Lipinski definition) is 0. The SMILES string of the molecule is CCOc1ccc(/C=C/C(=O)N(Cc2ccoc2C(=O)OC)[C@H](C)c2ccccn2)cc1. The lowest BCUT2D eigenvalue weighted by atomic mass is 10.1. The van der Waals surface area contributed by atoms with E-state index in [0.717, 1.165) is 17.0 Å². The topological polar surface area (TPSA) is 81.9 Å². The maximum absolute atomic E-state index is 13.2. The molecule has 0 radical (unpaired) electrons. The number of pyridine rings is 1. The summed E-state index contributed by atoms with van der Waals surface area (Å²) in [6.07, 6.45) is 6.34. The van der Waals surface area contributed by atoms with Crippen LogP contribution in [-0.4, -0.2) is 35.5 Å². The second-order valence-electron chi connectivity index (χ2n) is 7.00. The van der Waals surface area contributed by atoms with Crippen LogP contribution in [0.25, 0.3) is 6.08 Å². The molecule has 0 spiro atoms. The van der Waals surface area contributed by atoms with E-state index < -0.39 is 5.97 Å². The predicted molar refractivity (Wildman–Crippen MR) is 120 cm³/mol. The van der Waals surface area contributed by atoms with Crippen LogP contribution in [0.2, 0.25) is 0 Å². The van der Waals surface area contributed by atoms with Gasteiger partial charge in [-0.25, -0.2) is 4.79 Å². The lowest BCUT2D eigenvalue weighted by Crippen LogP contribution is -2.32. The molecule has 7 heteroatoms. The van der Waals surface area contributed by atoms with Gasteiger partial charge in [0.15, 0.2) is 0 Å². The van der Waals surface area contributed by atoms with Gasteiger partial charge < -0.3 is 18.8 Å². The Hall–Kier alpha value is -3.87. The highest BCUT2D eigenvalue weighted by Crippen LogP contribution is 2.24. The smallest absolute Gasteiger partial charge is 0.374 e. The Morgan fingerprint density at radius 3 is 2.59 bits per heavy atom. The van der Waals surface area contributed by atoms with E-state index in [4.69, 9.17) is 13.9 Å². The Bertz CT molecular complexity index is 1060. The van der Waals surface area contributed by atoms with Crippen molar-refractivity contribution in [2.24, 2.45) is 0 Å². The first-order valence-electron chi connectivity index (χ1n) is 10.3. The summed E-state index contributed by atoms with van der Waals surface area (Å²) in [4.78, 5) is 31.2. The third-order valence-corrected chi connectivity index (χ3v) is 4.93. The van der Waals surface area contributed by atoms with E-state index in [1.54, 1.807) is 23.2 Å². The van der Waals surface area contributed by atoms with Crippen LogP contribution in [0.5, 0.6) is 5.75 Å². The number of nitrogens with zero attached hydrogens (tertiary/aromatic N) is 2. The van der Waals surface area contributed by atoms with Gasteiger partial charge in [-0.05, 0) is 55.8 Å². The minimum Gasteiger partial charge on any atom is -0.494 e. The van der Waals surface area contributed by atoms with Gasteiger partial charge >= 0.3 is 5.97 Å². The molecule has 0 aliphatic carbocycles. The third kappa shape index (κ3) is 5.63. The molecule has 1 atom stereocenters. The predicted octanol–water partition coefficient (Wildman–Crippen LogP) is 4.66. The van der Waals surface area contributed by atoms with E-state index in [1.165, 1.54) is 19.4 Å². The normalized spacial score (nSPS) is 11.8. The van der Waals surface area contributed by atoms with Gasteiger partial charge in [-0.1, -0.05) is 18.2 Å². The van der Waals surface area contributed by atoms with E-state index in [9.17, 15) is 9.59 Å². The summed E-state index contributed by atoms with van der Waals surface area (Å²) in [5, 5.41) is 0. The highest BCUT2D eigenvalue weighted by Gasteiger charge is 2.25. The Kier molecular flexibility index (Phi) is 7.80. The van der Waals surface area contributed by atoms with Gasteiger partial charge in [0.2, 0.25) is 11.7 Å². The quantitative estimate of drug-likeness (QED) is 0.360. The highest BCUT2D eigenvalue weighted by molar-refractivity contribution is 5.92. The lowest BCUT2D eigenvalue weighted by Gasteiger charge is -2.28. The first-order valence-corrected chi connectivity index (χ1v) is 10.3. The van der Waals surface area contributed by atoms with Crippen LogP contribution in [0.3, 0.4) is 0 Å². The number of rotatable bonds is 9. The fourth-order valence-electron chi connectivity index (χ4n) is 3.21. The Balaban J connectivity index is 1.85. The molecule has 0 bridgehead atoms. The molecule has 0 saturated heterocycles. The highest BCUT2D eigenvalue weighted by atomic mass is 16.5. The average Bonchev–Trinajstić information content (AvgIpc) is 3.30. The maximum atomic E-state index is 13.2. The molecule has 0 fully saturated rings. The van der Waals surface area contributed by atoms with E-state index in [2.05, 4.69) is 4.98 Å². The van der Waals surface area contributed by atoms with Crippen molar-refractivity contribution >= 4 is 18.0 Å². The molecule has 2 aromatic heterocycles. The van der Waals surface area contributed by atoms with Gasteiger partial charge in [0, 0.05) is 17.8 Å². The van der Waals surface area contributed by atoms with Gasteiger partial charge in [-0.15, -0.1) is 0 Å². The molecular weight excluding hydrogens is 408 g/mol. The summed E-state index contributed by atoms with van der Waals surface area (Å²) in [6.45, 7) is 4.57. The molecule has 0 unspecified atom stereocenters. The number of carbonyl (C=O) groups is 2. The van der Waals surface area contributed by atoms with Crippen LogP contribution in [0.15, 0.2) is 71.5 Å². The van der Waals surface area contributed by atoms with E-state index in [0.29, 0.717) is 12.2 Å². The Labute approximate surface area is 187 Å². The fraction of sp³-hybridized carbons (Fsp3) is 0.240. The molecule has 3 aromatic rings. The number of amides is 1. The number of carbonyl (C=O) groups excluding carboxylic acids is 2. The molecule has 3 rings (SSSR count). The number of benzene rings is 1. The van der Waals surface area contributed by atoms with E-state index >= 15 is 0 Å². The van der Waals surface area contributed by atoms with Crippen LogP contribution < -0.4 is 4.74 Å². The molecule has 1 aromatic carbocycles. The summed E-state index contributed by atoms with van der Waals surface area (Å²) in [5.74, 6) is 0.0348. The van der Waals surface area contributed by atoms with Crippen LogP contribution in [0.4, 0.5) is 0 Å². The van der Waals surface area contributed by atoms with Gasteiger partial charge in [0.05, 0.1) is 38.3 Å². The molecule has 1 amide bonds. The van der Waals surface area contributed by atoms with Crippen molar-refractivity contribution in [1.29, 1.82) is 0 Å². The summed E-state index contributed by atoms with van der Waals surface area (Å²) in [5.41, 5.74) is 2.16. The molecule has 32 heavy (non-hydrogen) atoms. The molecule has 166 valence electrons. The van der Waals surface area contributed by atoms with E-state index in [-0.39, 0.29) is 24.3 Å². The third-order valence-electron chi connectivity index (χ3n) is 4.93. The van der Waals surface area contributed by atoms with Crippen molar-refractivity contribution in [3.8, 4) is 5.75 Å². The van der Waals surface area contributed by atoms with Crippen molar-refractivity contribution < 1.29 is 23.5 Å². The van der Waals surface area contributed by atoms with Gasteiger partial charge in [0.1, 0.15) is 5.75 Å². The van der Waals surface area contributed by atoms with Crippen LogP contribution in [0, 0.1) is 0 Å². The molecule has 0 aliphatic rings. The zero-order valence-electron chi connectivity index (χ0n) is 18.4. The summed E-state index contributed by atoms with van der Waals surface area (Å²) in [6, 6.07) is 14.3. The number of ether oxygens (including phenoxy) is 2. The zero-order valence-corrected chi connectivity index (χ0v) is 18.4. The van der Waals surface area contributed by atoms with E-state index in [1.807, 2.05) is 56.3 Å². The minimum atomic E-state index is -0.590. The summed E-state index contributed by atoms with van der Waals surface area (Å²) >= 11 is 0. The number of hydrogen-bond acceptors (Lipinski definition) is 6. The zero-order chi connectivity index (χ0) is 22.9. The average molecular weight is 434 g/mol. The maximum Gasteiger partial charge on any atom is 0.374 e. The Morgan fingerprint density at radius 1 is 1.16 bits per heavy atom. The van der Waals surface area contributed by atoms with Crippen molar-refractivity contribution in [2.45, 2.75) is 26.4 Å². The lowest BCUT2D eigenvalue weighted by molar-refractivity contribution is -0.128. The minimum absolute atomic E-state index is 0.0778. The number of furan rings is 1. The molecule has 0 saturated carbocycles. The number of esters is 1. The van der Waals surface area contributed by atoms with Crippen molar-refractivity contribution in [3.05, 3.63) is 89.6 Å². The van der Waals surface area contributed by atoms with Crippen LogP contribution in [0.1, 0.15) is 47.3 Å². The molecule has 0 N–H and O–H groups in total. The van der Waals surface area contributed by atoms with Crippen LogP contribution in [-0.2, 0) is 16.1 Å². The van der Waals surface area contributed by atoms with Crippen LogP contribution >= 0.6 is 0 Å². The van der Waals surface area contributed by atoms with Crippen molar-refractivity contribution in [2.75, 3.05) is 13.7 Å². The van der Waals surface area contributed by atoms with Crippen molar-refractivity contribution in [3.63, 3.8) is 0 Å². The fourth-order valence-corrected chi connectivity index (χ4v) is 3.21. The monoisotopic (exact) mass is 434 g/mol. The first kappa shape index (κ1) is 22.8. The number of methoxy groups -OCH3 is 1. The standard InChI is InChI=1S/C25H26N2O5/c1-4-31-21-11-8-19(9-12-21)10-13-23(28)27(18(2)22-7-5-6-15-26-22)17-20-14-16-32-24(20)25(29)30-3/h5-16,18H,4,17H2,1-3H3/b13-10+/t18-/m1/s1. The number of aromatic nitrogens is 1. The summed E-state index contributed by atoms with van der Waals surface area (Å²) in [7, 11) is 1.29. The van der Waals surface area contributed by atoms with Gasteiger partial charge in [0.25, 0.3) is 0 Å². The first-order chi connectivity index (χ1) is 15.5. The second kappa shape index (κ2) is 10.9. The van der Waals surface area contributed by atoms with Crippen molar-refractivity contribution in [1.82, 2.24) is 9.88 Å².